The van der Waals surface area contributed by atoms with Crippen molar-refractivity contribution in [1.29, 1.82) is 0 Å². The minimum atomic E-state index is -4.33. The third kappa shape index (κ3) is 4.38. The molecular formula is C16H10ClN2NaO4S. The van der Waals surface area contributed by atoms with E-state index in [1.165, 1.54) is 30.3 Å². The Kier molecular flexibility index (Phi) is 6.21. The van der Waals surface area contributed by atoms with Crippen molar-refractivity contribution in [2.24, 2.45) is 10.2 Å². The Morgan fingerprint density at radius 3 is 2.40 bits per heavy atom. The van der Waals surface area contributed by atoms with Gasteiger partial charge in [0, 0.05) is 5.39 Å². The largest absolute Gasteiger partial charge is 1.00 e. The first-order chi connectivity index (χ1) is 11.4. The predicted molar refractivity (Wildman–Crippen MR) is 88.8 cm³/mol. The van der Waals surface area contributed by atoms with Crippen LogP contribution in [0.25, 0.3) is 10.8 Å². The summed E-state index contributed by atoms with van der Waals surface area (Å²) >= 11 is 5.99. The second-order valence-electron chi connectivity index (χ2n) is 4.92. The Hall–Kier alpha value is -1.48. The van der Waals surface area contributed by atoms with Crippen LogP contribution in [0.5, 0.6) is 5.75 Å². The maximum absolute atomic E-state index is 12.1. The zero-order valence-corrected chi connectivity index (χ0v) is 16.6. The zero-order valence-electron chi connectivity index (χ0n) is 13.0. The summed E-state index contributed by atoms with van der Waals surface area (Å²) in [5.41, 5.74) is 0.472. The van der Waals surface area contributed by atoms with Crippen molar-refractivity contribution in [1.82, 2.24) is 0 Å². The molecule has 0 heterocycles. The molecule has 25 heavy (non-hydrogen) atoms. The molecule has 3 rings (SSSR count). The smallest absolute Gasteiger partial charge is 0.871 e. The SMILES string of the molecule is O=S(=O)(O)c1ccc2c(N=Nc3ccccc3Cl)c([O-])ccc2c1.[Na+]. The summed E-state index contributed by atoms with van der Waals surface area (Å²) in [4.78, 5) is -0.261. The van der Waals surface area contributed by atoms with Crippen LogP contribution in [0.15, 0.2) is 69.7 Å². The summed E-state index contributed by atoms with van der Waals surface area (Å²) in [5.74, 6) is -0.363. The van der Waals surface area contributed by atoms with E-state index < -0.39 is 10.1 Å². The van der Waals surface area contributed by atoms with Crippen LogP contribution in [0.3, 0.4) is 0 Å². The van der Waals surface area contributed by atoms with Crippen LogP contribution >= 0.6 is 11.6 Å². The van der Waals surface area contributed by atoms with Crippen molar-refractivity contribution in [3.05, 3.63) is 59.6 Å². The van der Waals surface area contributed by atoms with Crippen LogP contribution in [-0.2, 0) is 10.1 Å². The average Bonchev–Trinajstić information content (AvgIpc) is 2.54. The number of azo groups is 1. The fourth-order valence-corrected chi connectivity index (χ4v) is 2.86. The van der Waals surface area contributed by atoms with Crippen LogP contribution in [-0.4, -0.2) is 13.0 Å². The normalized spacial score (nSPS) is 11.6. The van der Waals surface area contributed by atoms with Gasteiger partial charge in [0.15, 0.2) is 0 Å². The molecule has 3 aromatic rings. The van der Waals surface area contributed by atoms with Gasteiger partial charge in [-0.2, -0.15) is 13.5 Å². The molecule has 0 saturated heterocycles. The Morgan fingerprint density at radius 1 is 1.00 bits per heavy atom. The second kappa shape index (κ2) is 7.82. The summed E-state index contributed by atoms with van der Waals surface area (Å²) in [5, 5.41) is 21.3. The Morgan fingerprint density at radius 2 is 1.72 bits per heavy atom. The van der Waals surface area contributed by atoms with E-state index in [1.54, 1.807) is 24.3 Å². The van der Waals surface area contributed by atoms with Gasteiger partial charge in [-0.3, -0.25) is 4.55 Å². The van der Waals surface area contributed by atoms with Crippen molar-refractivity contribution >= 4 is 43.9 Å². The number of rotatable bonds is 3. The summed E-state index contributed by atoms with van der Waals surface area (Å²) < 4.78 is 31.5. The van der Waals surface area contributed by atoms with Crippen LogP contribution in [0, 0.1) is 0 Å². The topological polar surface area (TPSA) is 102 Å². The van der Waals surface area contributed by atoms with Crippen molar-refractivity contribution in [3.8, 4) is 5.75 Å². The van der Waals surface area contributed by atoms with E-state index in [0.717, 1.165) is 0 Å². The van der Waals surface area contributed by atoms with E-state index >= 15 is 0 Å². The molecule has 0 aromatic heterocycles. The Bertz CT molecular complexity index is 1070. The number of hydrogen-bond acceptors (Lipinski definition) is 5. The molecule has 0 radical (unpaired) electrons. The molecule has 0 atom stereocenters. The van der Waals surface area contributed by atoms with Crippen molar-refractivity contribution in [2.45, 2.75) is 4.90 Å². The first-order valence-electron chi connectivity index (χ1n) is 6.74. The van der Waals surface area contributed by atoms with Gasteiger partial charge in [0.05, 0.1) is 15.6 Å². The molecule has 122 valence electrons. The van der Waals surface area contributed by atoms with Crippen LogP contribution < -0.4 is 34.7 Å². The van der Waals surface area contributed by atoms with Gasteiger partial charge < -0.3 is 5.11 Å². The minimum Gasteiger partial charge on any atom is -0.871 e. The van der Waals surface area contributed by atoms with E-state index in [4.69, 9.17) is 16.2 Å². The minimum absolute atomic E-state index is 0. The van der Waals surface area contributed by atoms with E-state index in [9.17, 15) is 13.5 Å². The Labute approximate surface area is 171 Å². The average molecular weight is 385 g/mol. The number of halogens is 1. The molecule has 9 heteroatoms. The molecule has 0 fully saturated rings. The molecule has 0 unspecified atom stereocenters. The second-order valence-corrected chi connectivity index (χ2v) is 6.75. The van der Waals surface area contributed by atoms with E-state index in [0.29, 0.717) is 21.5 Å². The molecule has 0 bridgehead atoms. The molecule has 3 aromatic carbocycles. The Balaban J connectivity index is 0.00000225. The summed E-state index contributed by atoms with van der Waals surface area (Å²) in [6.07, 6.45) is 0. The fraction of sp³-hybridized carbons (Fsp3) is 0. The molecular weight excluding hydrogens is 375 g/mol. The van der Waals surface area contributed by atoms with Crippen LogP contribution in [0.2, 0.25) is 5.02 Å². The van der Waals surface area contributed by atoms with Crippen LogP contribution in [0.4, 0.5) is 11.4 Å². The van der Waals surface area contributed by atoms with Gasteiger partial charge in [-0.05, 0) is 29.7 Å². The monoisotopic (exact) mass is 384 g/mol. The molecule has 0 spiro atoms. The van der Waals surface area contributed by atoms with Crippen molar-refractivity contribution in [3.63, 3.8) is 0 Å². The number of hydrogen-bond donors (Lipinski definition) is 1. The molecule has 0 aliphatic heterocycles. The van der Waals surface area contributed by atoms with E-state index in [2.05, 4.69) is 10.2 Å². The molecule has 6 nitrogen and oxygen atoms in total. The number of fused-ring (bicyclic) bond motifs is 1. The molecule has 0 saturated carbocycles. The van der Waals surface area contributed by atoms with Gasteiger partial charge >= 0.3 is 29.6 Å². The van der Waals surface area contributed by atoms with E-state index in [1.807, 2.05) is 0 Å². The maximum Gasteiger partial charge on any atom is 1.00 e. The number of benzene rings is 3. The summed E-state index contributed by atoms with van der Waals surface area (Å²) in [7, 11) is -4.33. The third-order valence-corrected chi connectivity index (χ3v) is 4.50. The third-order valence-electron chi connectivity index (χ3n) is 3.33. The quantitative estimate of drug-likeness (QED) is 0.417. The summed E-state index contributed by atoms with van der Waals surface area (Å²) in [6.45, 7) is 0. The van der Waals surface area contributed by atoms with Gasteiger partial charge in [-0.1, -0.05) is 47.7 Å². The molecule has 0 aliphatic carbocycles. The predicted octanol–water partition coefficient (Wildman–Crippen LogP) is 1.23. The molecule has 1 N–H and O–H groups in total. The van der Waals surface area contributed by atoms with Crippen molar-refractivity contribution < 1.29 is 47.6 Å². The first kappa shape index (κ1) is 19.8. The van der Waals surface area contributed by atoms with Gasteiger partial charge in [0.2, 0.25) is 0 Å². The van der Waals surface area contributed by atoms with Gasteiger partial charge in [0.25, 0.3) is 10.1 Å². The van der Waals surface area contributed by atoms with Crippen LogP contribution in [0.1, 0.15) is 0 Å². The van der Waals surface area contributed by atoms with E-state index in [-0.39, 0.29) is 45.9 Å². The van der Waals surface area contributed by atoms with Gasteiger partial charge in [0.1, 0.15) is 5.69 Å². The summed E-state index contributed by atoms with van der Waals surface area (Å²) in [6, 6.07) is 13.4. The first-order valence-corrected chi connectivity index (χ1v) is 8.55. The number of nitrogens with zero attached hydrogens (tertiary/aromatic N) is 2. The molecule has 0 aliphatic rings. The fourth-order valence-electron chi connectivity index (χ4n) is 2.17. The van der Waals surface area contributed by atoms with Crippen molar-refractivity contribution in [2.75, 3.05) is 0 Å². The molecule has 0 amide bonds. The van der Waals surface area contributed by atoms with Gasteiger partial charge in [-0.25, -0.2) is 0 Å². The standard InChI is InChI=1S/C16H11ClN2O4S.Na/c17-13-3-1-2-4-14(13)18-19-16-12-7-6-11(24(21,22)23)9-10(12)5-8-15(16)20;/h1-9,20H,(H,21,22,23);/q;+1/p-1. The zero-order chi connectivity index (χ0) is 17.3. The van der Waals surface area contributed by atoms with Gasteiger partial charge in [-0.15, -0.1) is 5.11 Å². The maximum atomic E-state index is 12.1.